The first-order valence-corrected chi connectivity index (χ1v) is 11.2. The summed E-state index contributed by atoms with van der Waals surface area (Å²) in [7, 11) is 0. The van der Waals surface area contributed by atoms with Gasteiger partial charge >= 0.3 is 0 Å². The van der Waals surface area contributed by atoms with E-state index < -0.39 is 16.6 Å². The second kappa shape index (κ2) is 9.96. The second-order valence-electron chi connectivity index (χ2n) is 8.08. The number of hydrogen-bond acceptors (Lipinski definition) is 5. The third-order valence-electron chi connectivity index (χ3n) is 5.44. The Morgan fingerprint density at radius 1 is 1.16 bits per heavy atom. The van der Waals surface area contributed by atoms with Crippen LogP contribution in [0.1, 0.15) is 33.3 Å². The zero-order valence-corrected chi connectivity index (χ0v) is 19.4. The molecule has 0 saturated carbocycles. The van der Waals surface area contributed by atoms with Crippen LogP contribution in [0.25, 0.3) is 11.4 Å². The minimum atomic E-state index is -0.970. The average Bonchev–Trinajstić information content (AvgIpc) is 3.16. The van der Waals surface area contributed by atoms with Crippen LogP contribution in [-0.2, 0) is 11.3 Å². The molecule has 0 bridgehead atoms. The Bertz CT molecular complexity index is 1120. The summed E-state index contributed by atoms with van der Waals surface area (Å²) in [5.74, 6) is -0.318. The van der Waals surface area contributed by atoms with Crippen molar-refractivity contribution in [2.45, 2.75) is 50.2 Å². The zero-order chi connectivity index (χ0) is 23.3. The predicted octanol–water partition coefficient (Wildman–Crippen LogP) is 4.67. The molecule has 1 amide bonds. The van der Waals surface area contributed by atoms with Crippen molar-refractivity contribution in [2.75, 3.05) is 0 Å². The first-order chi connectivity index (χ1) is 15.2. The number of nitrogens with zero attached hydrogens (tertiary/aromatic N) is 4. The van der Waals surface area contributed by atoms with Gasteiger partial charge in [0.2, 0.25) is 5.91 Å². The van der Waals surface area contributed by atoms with Crippen molar-refractivity contribution in [3.63, 3.8) is 0 Å². The molecule has 8 heteroatoms. The standard InChI is InChI=1S/C24H26FN5OS/c1-16(2)24(4,15-26)27-22(31)17(3)32-23-29-28-21(19-12-8-9-13-20(19)25)30(23)14-18-10-6-5-7-11-18/h5-13,16-17H,14H2,1-4H3,(H,27,31). The first-order valence-electron chi connectivity index (χ1n) is 10.4. The second-order valence-corrected chi connectivity index (χ2v) is 9.38. The number of carbonyl (C=O) groups is 1. The van der Waals surface area contributed by atoms with Gasteiger partial charge < -0.3 is 5.32 Å². The monoisotopic (exact) mass is 451 g/mol. The highest BCUT2D eigenvalue weighted by atomic mass is 32.2. The molecule has 3 aromatic rings. The summed E-state index contributed by atoms with van der Waals surface area (Å²) in [6.07, 6.45) is 0. The molecule has 0 aliphatic heterocycles. The number of halogens is 1. The molecule has 0 aliphatic rings. The van der Waals surface area contributed by atoms with Crippen molar-refractivity contribution >= 4 is 17.7 Å². The smallest absolute Gasteiger partial charge is 0.234 e. The van der Waals surface area contributed by atoms with E-state index in [1.54, 1.807) is 32.0 Å². The molecule has 1 heterocycles. The van der Waals surface area contributed by atoms with Gasteiger partial charge in [0.1, 0.15) is 11.4 Å². The normalized spacial score (nSPS) is 13.9. The number of benzene rings is 2. The van der Waals surface area contributed by atoms with Crippen molar-refractivity contribution in [3.8, 4) is 17.5 Å². The van der Waals surface area contributed by atoms with Gasteiger partial charge in [-0.3, -0.25) is 9.36 Å². The maximum atomic E-state index is 14.5. The largest absolute Gasteiger partial charge is 0.337 e. The van der Waals surface area contributed by atoms with E-state index in [1.807, 2.05) is 48.7 Å². The number of carbonyl (C=O) groups excluding carboxylic acids is 1. The summed E-state index contributed by atoms with van der Waals surface area (Å²) >= 11 is 1.23. The maximum absolute atomic E-state index is 14.5. The van der Waals surface area contributed by atoms with Gasteiger partial charge in [0, 0.05) is 0 Å². The number of aromatic nitrogens is 3. The van der Waals surface area contributed by atoms with Crippen LogP contribution in [0.4, 0.5) is 4.39 Å². The fourth-order valence-electron chi connectivity index (χ4n) is 3.00. The van der Waals surface area contributed by atoms with Crippen molar-refractivity contribution in [3.05, 3.63) is 66.0 Å². The van der Waals surface area contributed by atoms with Crippen LogP contribution in [0.2, 0.25) is 0 Å². The lowest BCUT2D eigenvalue weighted by Gasteiger charge is -2.28. The third kappa shape index (κ3) is 5.17. The Labute approximate surface area is 191 Å². The Kier molecular flexibility index (Phi) is 7.31. The lowest BCUT2D eigenvalue weighted by molar-refractivity contribution is -0.121. The molecular formula is C24H26FN5OS. The summed E-state index contributed by atoms with van der Waals surface area (Å²) in [4.78, 5) is 12.8. The van der Waals surface area contributed by atoms with Gasteiger partial charge in [-0.2, -0.15) is 5.26 Å². The van der Waals surface area contributed by atoms with Crippen molar-refractivity contribution in [1.82, 2.24) is 20.1 Å². The van der Waals surface area contributed by atoms with Crippen LogP contribution in [0.5, 0.6) is 0 Å². The Morgan fingerprint density at radius 3 is 2.44 bits per heavy atom. The summed E-state index contributed by atoms with van der Waals surface area (Å²) in [6.45, 7) is 7.66. The van der Waals surface area contributed by atoms with Crippen molar-refractivity contribution < 1.29 is 9.18 Å². The van der Waals surface area contributed by atoms with Crippen molar-refractivity contribution in [1.29, 1.82) is 5.26 Å². The topological polar surface area (TPSA) is 83.6 Å². The van der Waals surface area contributed by atoms with Gasteiger partial charge in [-0.15, -0.1) is 10.2 Å². The van der Waals surface area contributed by atoms with E-state index in [4.69, 9.17) is 0 Å². The molecule has 1 aromatic heterocycles. The molecular weight excluding hydrogens is 425 g/mol. The van der Waals surface area contributed by atoms with E-state index in [2.05, 4.69) is 21.6 Å². The summed E-state index contributed by atoms with van der Waals surface area (Å²) < 4.78 is 16.3. The predicted molar refractivity (Wildman–Crippen MR) is 123 cm³/mol. The molecule has 6 nitrogen and oxygen atoms in total. The molecule has 2 aromatic carbocycles. The van der Waals surface area contributed by atoms with Gasteiger partial charge in [0.25, 0.3) is 0 Å². The van der Waals surface area contributed by atoms with Crippen LogP contribution in [0, 0.1) is 23.1 Å². The number of nitriles is 1. The van der Waals surface area contributed by atoms with E-state index in [9.17, 15) is 14.4 Å². The SMILES string of the molecule is CC(Sc1nnc(-c2ccccc2F)n1Cc1ccccc1)C(=O)NC(C)(C#N)C(C)C. The molecule has 1 N–H and O–H groups in total. The highest BCUT2D eigenvalue weighted by Gasteiger charge is 2.32. The minimum Gasteiger partial charge on any atom is -0.337 e. The summed E-state index contributed by atoms with van der Waals surface area (Å²) in [5.41, 5.74) is 0.375. The highest BCUT2D eigenvalue weighted by molar-refractivity contribution is 8.00. The minimum absolute atomic E-state index is 0.0527. The van der Waals surface area contributed by atoms with Gasteiger partial charge in [-0.05, 0) is 37.5 Å². The van der Waals surface area contributed by atoms with Gasteiger partial charge in [-0.25, -0.2) is 4.39 Å². The number of thioether (sulfide) groups is 1. The van der Waals surface area contributed by atoms with Gasteiger partial charge in [0.05, 0.1) is 23.4 Å². The molecule has 0 spiro atoms. The maximum Gasteiger partial charge on any atom is 0.234 e. The molecule has 2 unspecified atom stereocenters. The van der Waals surface area contributed by atoms with E-state index in [-0.39, 0.29) is 11.8 Å². The van der Waals surface area contributed by atoms with E-state index in [0.29, 0.717) is 23.1 Å². The van der Waals surface area contributed by atoms with Crippen LogP contribution in [0.3, 0.4) is 0 Å². The van der Waals surface area contributed by atoms with Gasteiger partial charge in [-0.1, -0.05) is 68.1 Å². The number of hydrogen-bond donors (Lipinski definition) is 1. The lowest BCUT2D eigenvalue weighted by Crippen LogP contribution is -2.51. The third-order valence-corrected chi connectivity index (χ3v) is 6.52. The first kappa shape index (κ1) is 23.5. The fourth-order valence-corrected chi connectivity index (χ4v) is 3.85. The zero-order valence-electron chi connectivity index (χ0n) is 18.5. The van der Waals surface area contributed by atoms with Crippen LogP contribution >= 0.6 is 11.8 Å². The quantitative estimate of drug-likeness (QED) is 0.503. The Morgan fingerprint density at radius 2 is 1.81 bits per heavy atom. The van der Waals surface area contributed by atoms with Crippen LogP contribution in [0.15, 0.2) is 59.8 Å². The molecule has 32 heavy (non-hydrogen) atoms. The fraction of sp³-hybridized carbons (Fsp3) is 0.333. The van der Waals surface area contributed by atoms with Crippen molar-refractivity contribution in [2.24, 2.45) is 5.92 Å². The number of nitrogens with one attached hydrogen (secondary N) is 1. The highest BCUT2D eigenvalue weighted by Crippen LogP contribution is 2.29. The number of amides is 1. The summed E-state index contributed by atoms with van der Waals surface area (Å²) in [6, 6.07) is 18.3. The lowest BCUT2D eigenvalue weighted by atomic mass is 9.90. The molecule has 0 saturated heterocycles. The molecule has 0 aliphatic carbocycles. The van der Waals surface area contributed by atoms with Gasteiger partial charge in [0.15, 0.2) is 11.0 Å². The Hall–Kier alpha value is -3.18. The van der Waals surface area contributed by atoms with E-state index in [0.717, 1.165) is 5.56 Å². The van der Waals surface area contributed by atoms with E-state index in [1.165, 1.54) is 17.8 Å². The molecule has 0 fully saturated rings. The summed E-state index contributed by atoms with van der Waals surface area (Å²) in [5, 5.41) is 20.8. The molecule has 2 atom stereocenters. The molecule has 0 radical (unpaired) electrons. The molecule has 166 valence electrons. The molecule has 3 rings (SSSR count). The average molecular weight is 452 g/mol. The Balaban J connectivity index is 1.92. The van der Waals surface area contributed by atoms with E-state index >= 15 is 0 Å². The number of rotatable bonds is 8. The van der Waals surface area contributed by atoms with Crippen LogP contribution in [-0.4, -0.2) is 31.5 Å². The van der Waals surface area contributed by atoms with Crippen LogP contribution < -0.4 is 5.32 Å².